The highest BCUT2D eigenvalue weighted by Gasteiger charge is 2.39. The van der Waals surface area contributed by atoms with Gasteiger partial charge in [-0.3, -0.25) is 9.59 Å². The molecule has 6 heteroatoms. The van der Waals surface area contributed by atoms with E-state index in [1.165, 1.54) is 0 Å². The van der Waals surface area contributed by atoms with Gasteiger partial charge in [-0.25, -0.2) is 0 Å². The molecule has 28 heavy (non-hydrogen) atoms. The molecule has 5 nitrogen and oxygen atoms in total. The summed E-state index contributed by atoms with van der Waals surface area (Å²) in [6.07, 6.45) is 1.23. The van der Waals surface area contributed by atoms with E-state index in [9.17, 15) is 9.59 Å². The van der Waals surface area contributed by atoms with Crippen LogP contribution in [0.5, 0.6) is 11.5 Å². The molecule has 1 amide bonds. The number of amides is 1. The second-order valence-electron chi connectivity index (χ2n) is 7.36. The summed E-state index contributed by atoms with van der Waals surface area (Å²) in [5, 5.41) is 3.59. The van der Waals surface area contributed by atoms with Gasteiger partial charge in [-0.1, -0.05) is 35.9 Å². The molecule has 2 aromatic carbocycles. The molecule has 2 atom stereocenters. The van der Waals surface area contributed by atoms with Crippen LogP contribution in [0.1, 0.15) is 42.2 Å². The van der Waals surface area contributed by atoms with Gasteiger partial charge in [-0.2, -0.15) is 0 Å². The molecule has 3 aliphatic rings. The molecule has 0 bridgehead atoms. The lowest BCUT2D eigenvalue weighted by atomic mass is 9.73. The smallest absolute Gasteiger partial charge is 0.231 e. The molecule has 0 saturated heterocycles. The molecular weight excluding hydrogens is 378 g/mol. The fourth-order valence-corrected chi connectivity index (χ4v) is 4.69. The van der Waals surface area contributed by atoms with Crippen molar-refractivity contribution >= 4 is 23.3 Å². The van der Waals surface area contributed by atoms with Crippen molar-refractivity contribution in [1.29, 1.82) is 0 Å². The number of rotatable bonds is 2. The zero-order valence-corrected chi connectivity index (χ0v) is 15.8. The van der Waals surface area contributed by atoms with Crippen molar-refractivity contribution in [3.8, 4) is 11.5 Å². The zero-order valence-electron chi connectivity index (χ0n) is 15.0. The summed E-state index contributed by atoms with van der Waals surface area (Å²) in [7, 11) is 0. The number of nitrogens with one attached hydrogen (secondary N) is 1. The second kappa shape index (κ2) is 6.67. The first kappa shape index (κ1) is 17.3. The SMILES string of the molecule is O=C1CC(c2ccc3c(c2)OCO3)C2=C(CC(c3ccccc3Cl)CC2=O)N1. The van der Waals surface area contributed by atoms with Crippen LogP contribution in [0.4, 0.5) is 0 Å². The number of hydrogen-bond acceptors (Lipinski definition) is 4. The van der Waals surface area contributed by atoms with E-state index < -0.39 is 0 Å². The van der Waals surface area contributed by atoms with Crippen molar-refractivity contribution in [2.24, 2.45) is 0 Å². The highest BCUT2D eigenvalue weighted by atomic mass is 35.5. The Bertz CT molecular complexity index is 1030. The molecule has 142 valence electrons. The van der Waals surface area contributed by atoms with E-state index in [4.69, 9.17) is 21.1 Å². The molecule has 0 aromatic heterocycles. The summed E-state index contributed by atoms with van der Waals surface area (Å²) in [4.78, 5) is 25.6. The number of allylic oxidation sites excluding steroid dienone is 2. The van der Waals surface area contributed by atoms with Crippen LogP contribution >= 0.6 is 11.6 Å². The largest absolute Gasteiger partial charge is 0.454 e. The van der Waals surface area contributed by atoms with Crippen LogP contribution in [0, 0.1) is 0 Å². The number of Topliss-reactive ketones (excluding diaryl/α,β-unsaturated/α-hetero) is 1. The molecule has 0 radical (unpaired) electrons. The Hall–Kier alpha value is -2.79. The maximum Gasteiger partial charge on any atom is 0.231 e. The van der Waals surface area contributed by atoms with Gasteiger partial charge in [0.2, 0.25) is 12.7 Å². The van der Waals surface area contributed by atoms with Gasteiger partial charge in [0.1, 0.15) is 0 Å². The third-order valence-electron chi connectivity index (χ3n) is 5.68. The predicted molar refractivity (Wildman–Crippen MR) is 104 cm³/mol. The highest BCUT2D eigenvalue weighted by Crippen LogP contribution is 2.45. The average molecular weight is 396 g/mol. The van der Waals surface area contributed by atoms with Crippen LogP contribution in [-0.4, -0.2) is 18.5 Å². The molecular formula is C22H18ClNO4. The van der Waals surface area contributed by atoms with Crippen LogP contribution in [-0.2, 0) is 9.59 Å². The van der Waals surface area contributed by atoms with Gasteiger partial charge in [-0.15, -0.1) is 0 Å². The number of ether oxygens (including phenoxy) is 2. The molecule has 1 aliphatic carbocycles. The van der Waals surface area contributed by atoms with E-state index >= 15 is 0 Å². The standard InChI is InChI=1S/C22H18ClNO4/c23-16-4-2-1-3-14(16)13-7-17-22(18(25)8-13)15(10-21(26)24-17)12-5-6-19-20(9-12)28-11-27-19/h1-6,9,13,15H,7-8,10-11H2,(H,24,26). The van der Waals surface area contributed by atoms with Crippen LogP contribution in [0.25, 0.3) is 0 Å². The molecule has 0 saturated carbocycles. The van der Waals surface area contributed by atoms with Gasteiger partial charge in [0.25, 0.3) is 0 Å². The second-order valence-corrected chi connectivity index (χ2v) is 7.77. The average Bonchev–Trinajstić information content (AvgIpc) is 3.15. The lowest BCUT2D eigenvalue weighted by Gasteiger charge is -2.34. The van der Waals surface area contributed by atoms with E-state index in [1.807, 2.05) is 42.5 Å². The van der Waals surface area contributed by atoms with E-state index in [1.54, 1.807) is 0 Å². The molecule has 2 aromatic rings. The van der Waals surface area contributed by atoms with Crippen molar-refractivity contribution < 1.29 is 19.1 Å². The molecule has 5 rings (SSSR count). The summed E-state index contributed by atoms with van der Waals surface area (Å²) >= 11 is 6.35. The topological polar surface area (TPSA) is 64.6 Å². The Morgan fingerprint density at radius 3 is 2.64 bits per heavy atom. The van der Waals surface area contributed by atoms with Crippen LogP contribution in [0.15, 0.2) is 53.7 Å². The molecule has 2 heterocycles. The maximum atomic E-state index is 13.1. The zero-order chi connectivity index (χ0) is 19.3. The van der Waals surface area contributed by atoms with Gasteiger partial charge in [0.05, 0.1) is 0 Å². The van der Waals surface area contributed by atoms with E-state index in [-0.39, 0.29) is 36.7 Å². The number of halogens is 1. The van der Waals surface area contributed by atoms with Crippen molar-refractivity contribution in [3.63, 3.8) is 0 Å². The highest BCUT2D eigenvalue weighted by molar-refractivity contribution is 6.31. The maximum absolute atomic E-state index is 13.1. The Morgan fingerprint density at radius 1 is 0.964 bits per heavy atom. The normalized spacial score (nSPS) is 23.5. The first-order chi connectivity index (χ1) is 13.6. The summed E-state index contributed by atoms with van der Waals surface area (Å²) < 4.78 is 10.8. The number of benzene rings is 2. The molecule has 1 N–H and O–H groups in total. The third kappa shape index (κ3) is 2.87. The van der Waals surface area contributed by atoms with Crippen LogP contribution in [0.2, 0.25) is 5.02 Å². The lowest BCUT2D eigenvalue weighted by Crippen LogP contribution is -2.38. The van der Waals surface area contributed by atoms with E-state index in [2.05, 4.69) is 5.32 Å². The summed E-state index contributed by atoms with van der Waals surface area (Å²) in [6.45, 7) is 0.191. The molecule has 0 fully saturated rings. The first-order valence-corrected chi connectivity index (χ1v) is 9.68. The first-order valence-electron chi connectivity index (χ1n) is 9.30. The Labute approximate surface area is 167 Å². The van der Waals surface area contributed by atoms with Crippen molar-refractivity contribution in [1.82, 2.24) is 5.32 Å². The molecule has 0 spiro atoms. The van der Waals surface area contributed by atoms with E-state index in [0.29, 0.717) is 34.9 Å². The predicted octanol–water partition coefficient (Wildman–Crippen LogP) is 4.07. The van der Waals surface area contributed by atoms with Gasteiger partial charge in [-0.05, 0) is 41.7 Å². The summed E-state index contributed by atoms with van der Waals surface area (Å²) in [5.74, 6) is 1.03. The van der Waals surface area contributed by atoms with Crippen LogP contribution in [0.3, 0.4) is 0 Å². The van der Waals surface area contributed by atoms with Crippen molar-refractivity contribution in [3.05, 3.63) is 69.9 Å². The van der Waals surface area contributed by atoms with Crippen molar-refractivity contribution in [2.45, 2.75) is 31.1 Å². The van der Waals surface area contributed by atoms with E-state index in [0.717, 1.165) is 16.8 Å². The number of carbonyl (C=O) groups excluding carboxylic acids is 2. The summed E-state index contributed by atoms with van der Waals surface area (Å²) in [5.41, 5.74) is 3.28. The number of carbonyl (C=O) groups is 2. The minimum atomic E-state index is -0.266. The van der Waals surface area contributed by atoms with Gasteiger partial charge in [0.15, 0.2) is 17.3 Å². The quantitative estimate of drug-likeness (QED) is 0.832. The summed E-state index contributed by atoms with van der Waals surface area (Å²) in [6, 6.07) is 13.2. The Balaban J connectivity index is 1.53. The molecule has 2 aliphatic heterocycles. The van der Waals surface area contributed by atoms with Gasteiger partial charge >= 0.3 is 0 Å². The minimum absolute atomic E-state index is 0.0317. The minimum Gasteiger partial charge on any atom is -0.454 e. The lowest BCUT2D eigenvalue weighted by molar-refractivity contribution is -0.122. The number of hydrogen-bond donors (Lipinski definition) is 1. The third-order valence-corrected chi connectivity index (χ3v) is 6.02. The van der Waals surface area contributed by atoms with Gasteiger partial charge in [0, 0.05) is 35.1 Å². The monoisotopic (exact) mass is 395 g/mol. The fraction of sp³-hybridized carbons (Fsp3) is 0.273. The Morgan fingerprint density at radius 2 is 1.79 bits per heavy atom. The van der Waals surface area contributed by atoms with Gasteiger partial charge < -0.3 is 14.8 Å². The molecule has 2 unspecified atom stereocenters. The fourth-order valence-electron chi connectivity index (χ4n) is 4.40. The number of ketones is 1. The van der Waals surface area contributed by atoms with Crippen LogP contribution < -0.4 is 14.8 Å². The Kier molecular flexibility index (Phi) is 4.13. The van der Waals surface area contributed by atoms with Crippen molar-refractivity contribution in [2.75, 3.05) is 6.79 Å². The number of fused-ring (bicyclic) bond motifs is 1.